The summed E-state index contributed by atoms with van der Waals surface area (Å²) < 4.78 is 0.958. The molecule has 0 spiro atoms. The summed E-state index contributed by atoms with van der Waals surface area (Å²) in [7, 11) is 0. The first-order chi connectivity index (χ1) is 13.1. The Balaban J connectivity index is 1.41. The van der Waals surface area contributed by atoms with Gasteiger partial charge in [0.05, 0.1) is 5.69 Å². The van der Waals surface area contributed by atoms with E-state index < -0.39 is 0 Å². The summed E-state index contributed by atoms with van der Waals surface area (Å²) in [5, 5.41) is 8.09. The van der Waals surface area contributed by atoms with E-state index in [9.17, 15) is 4.79 Å². The first kappa shape index (κ1) is 17.7. The highest BCUT2D eigenvalue weighted by Crippen LogP contribution is 2.25. The zero-order valence-electron chi connectivity index (χ0n) is 14.9. The molecule has 0 bridgehead atoms. The summed E-state index contributed by atoms with van der Waals surface area (Å²) in [4.78, 5) is 23.4. The van der Waals surface area contributed by atoms with Crippen molar-refractivity contribution in [1.29, 1.82) is 0 Å². The van der Waals surface area contributed by atoms with Crippen LogP contribution >= 0.6 is 15.9 Å². The van der Waals surface area contributed by atoms with Crippen molar-refractivity contribution in [2.24, 2.45) is 0 Å². The standard InChI is InChI=1S/C20H20BrN5O/c1-13-16-3-2-4-18(17(16)7-9-22-13)25-20(27)24-15-8-10-26(12-15)19-6-5-14(21)11-23-19/h2-7,9,11,15H,8,10,12H2,1H3,(H2,24,25,27). The van der Waals surface area contributed by atoms with Crippen molar-refractivity contribution in [2.45, 2.75) is 19.4 Å². The van der Waals surface area contributed by atoms with Crippen LogP contribution in [0.25, 0.3) is 10.8 Å². The molecule has 0 saturated carbocycles. The van der Waals surface area contributed by atoms with E-state index in [0.29, 0.717) is 0 Å². The topological polar surface area (TPSA) is 70.2 Å². The molecule has 1 unspecified atom stereocenters. The number of benzene rings is 1. The largest absolute Gasteiger partial charge is 0.354 e. The second-order valence-corrected chi connectivity index (χ2v) is 7.58. The molecule has 2 N–H and O–H groups in total. The number of urea groups is 1. The van der Waals surface area contributed by atoms with Crippen LogP contribution in [0.5, 0.6) is 0 Å². The Morgan fingerprint density at radius 2 is 2.07 bits per heavy atom. The number of carbonyl (C=O) groups excluding carboxylic acids is 1. The van der Waals surface area contributed by atoms with Gasteiger partial charge in [0.2, 0.25) is 0 Å². The van der Waals surface area contributed by atoms with E-state index in [1.165, 1.54) is 0 Å². The Labute approximate surface area is 166 Å². The van der Waals surface area contributed by atoms with Gasteiger partial charge in [-0.1, -0.05) is 12.1 Å². The number of amides is 2. The van der Waals surface area contributed by atoms with Crippen molar-refractivity contribution >= 4 is 44.2 Å². The van der Waals surface area contributed by atoms with E-state index in [-0.39, 0.29) is 12.1 Å². The molecule has 27 heavy (non-hydrogen) atoms. The molecule has 1 atom stereocenters. The Morgan fingerprint density at radius 3 is 2.89 bits per heavy atom. The van der Waals surface area contributed by atoms with Crippen LogP contribution in [0.2, 0.25) is 0 Å². The predicted molar refractivity (Wildman–Crippen MR) is 111 cm³/mol. The fraction of sp³-hybridized carbons (Fsp3) is 0.250. The second-order valence-electron chi connectivity index (χ2n) is 6.66. The molecule has 1 saturated heterocycles. The van der Waals surface area contributed by atoms with Crippen molar-refractivity contribution in [2.75, 3.05) is 23.3 Å². The van der Waals surface area contributed by atoms with Crippen LogP contribution in [0.15, 0.2) is 53.3 Å². The lowest BCUT2D eigenvalue weighted by Gasteiger charge is -2.18. The Bertz CT molecular complexity index is 976. The maximum Gasteiger partial charge on any atom is 0.319 e. The molecule has 2 amide bonds. The van der Waals surface area contributed by atoms with Crippen LogP contribution in [-0.4, -0.2) is 35.1 Å². The Hall–Kier alpha value is -2.67. The van der Waals surface area contributed by atoms with Crippen molar-refractivity contribution in [3.05, 3.63) is 59.0 Å². The molecule has 2 aromatic heterocycles. The number of aromatic nitrogens is 2. The molecule has 0 aliphatic carbocycles. The maximum atomic E-state index is 12.5. The van der Waals surface area contributed by atoms with Gasteiger partial charge in [-0.25, -0.2) is 9.78 Å². The fourth-order valence-corrected chi connectivity index (χ4v) is 3.68. The highest BCUT2D eigenvalue weighted by atomic mass is 79.9. The summed E-state index contributed by atoms with van der Waals surface area (Å²) >= 11 is 3.40. The average Bonchev–Trinajstić information content (AvgIpc) is 3.11. The smallest absolute Gasteiger partial charge is 0.319 e. The monoisotopic (exact) mass is 425 g/mol. The van der Waals surface area contributed by atoms with Gasteiger partial charge >= 0.3 is 6.03 Å². The summed E-state index contributed by atoms with van der Waals surface area (Å²) in [6, 6.07) is 11.7. The third-order valence-corrected chi connectivity index (χ3v) is 5.28. The summed E-state index contributed by atoms with van der Waals surface area (Å²) in [5.41, 5.74) is 1.74. The lowest BCUT2D eigenvalue weighted by molar-refractivity contribution is 0.249. The van der Waals surface area contributed by atoms with Gasteiger partial charge in [0.25, 0.3) is 0 Å². The highest BCUT2D eigenvalue weighted by Gasteiger charge is 2.25. The molecular formula is C20H20BrN5O. The molecular weight excluding hydrogens is 406 g/mol. The highest BCUT2D eigenvalue weighted by molar-refractivity contribution is 9.10. The van der Waals surface area contributed by atoms with E-state index in [4.69, 9.17) is 0 Å². The van der Waals surface area contributed by atoms with Gasteiger partial charge in [0.1, 0.15) is 5.82 Å². The normalized spacial score (nSPS) is 16.5. The number of aryl methyl sites for hydroxylation is 1. The van der Waals surface area contributed by atoms with Crippen LogP contribution in [0.1, 0.15) is 12.1 Å². The molecule has 3 aromatic rings. The molecule has 0 radical (unpaired) electrons. The number of nitrogens with zero attached hydrogens (tertiary/aromatic N) is 3. The average molecular weight is 426 g/mol. The lowest BCUT2D eigenvalue weighted by atomic mass is 10.1. The minimum absolute atomic E-state index is 0.0915. The van der Waals surface area contributed by atoms with Gasteiger partial charge in [0, 0.05) is 52.5 Å². The lowest BCUT2D eigenvalue weighted by Crippen LogP contribution is -2.39. The quantitative estimate of drug-likeness (QED) is 0.662. The number of carbonyl (C=O) groups is 1. The van der Waals surface area contributed by atoms with Crippen LogP contribution in [0.4, 0.5) is 16.3 Å². The number of fused-ring (bicyclic) bond motifs is 1. The van der Waals surface area contributed by atoms with Crippen molar-refractivity contribution in [3.63, 3.8) is 0 Å². The molecule has 1 aromatic carbocycles. The van der Waals surface area contributed by atoms with Gasteiger partial charge in [-0.15, -0.1) is 0 Å². The second kappa shape index (κ2) is 7.52. The van der Waals surface area contributed by atoms with Crippen molar-refractivity contribution in [1.82, 2.24) is 15.3 Å². The number of halogens is 1. The number of rotatable bonds is 3. The molecule has 6 nitrogen and oxygen atoms in total. The zero-order valence-corrected chi connectivity index (χ0v) is 16.5. The predicted octanol–water partition coefficient (Wildman–Crippen LogP) is 4.10. The van der Waals surface area contributed by atoms with Crippen LogP contribution in [0.3, 0.4) is 0 Å². The van der Waals surface area contributed by atoms with Gasteiger partial charge < -0.3 is 15.5 Å². The third-order valence-electron chi connectivity index (χ3n) is 4.81. The SMILES string of the molecule is Cc1nccc2c(NC(=O)NC3CCN(c4ccc(Br)cn4)C3)cccc12. The maximum absolute atomic E-state index is 12.5. The molecule has 1 aliphatic heterocycles. The molecule has 1 aliphatic rings. The van der Waals surface area contributed by atoms with E-state index in [0.717, 1.165) is 52.0 Å². The fourth-order valence-electron chi connectivity index (χ4n) is 3.45. The molecule has 7 heteroatoms. The number of hydrogen-bond donors (Lipinski definition) is 2. The number of anilines is 2. The minimum atomic E-state index is -0.187. The number of nitrogens with one attached hydrogen (secondary N) is 2. The van der Waals surface area contributed by atoms with Crippen molar-refractivity contribution in [3.8, 4) is 0 Å². The zero-order chi connectivity index (χ0) is 18.8. The molecule has 3 heterocycles. The molecule has 1 fully saturated rings. The number of hydrogen-bond acceptors (Lipinski definition) is 4. The first-order valence-corrected chi connectivity index (χ1v) is 9.68. The number of pyridine rings is 2. The van der Waals surface area contributed by atoms with Gasteiger partial charge in [-0.3, -0.25) is 4.98 Å². The Morgan fingerprint density at radius 1 is 1.19 bits per heavy atom. The minimum Gasteiger partial charge on any atom is -0.354 e. The van der Waals surface area contributed by atoms with Crippen LogP contribution in [-0.2, 0) is 0 Å². The van der Waals surface area contributed by atoms with Gasteiger partial charge in [-0.2, -0.15) is 0 Å². The van der Waals surface area contributed by atoms with Crippen molar-refractivity contribution < 1.29 is 4.79 Å². The van der Waals surface area contributed by atoms with Gasteiger partial charge in [0.15, 0.2) is 0 Å². The summed E-state index contributed by atoms with van der Waals surface area (Å²) in [6.45, 7) is 3.59. The van der Waals surface area contributed by atoms with Crippen LogP contribution in [0, 0.1) is 6.92 Å². The van der Waals surface area contributed by atoms with E-state index in [2.05, 4.69) is 41.4 Å². The van der Waals surface area contributed by atoms with E-state index in [1.54, 1.807) is 12.4 Å². The Kier molecular flexibility index (Phi) is 4.94. The molecule has 4 rings (SSSR count). The third kappa shape index (κ3) is 3.88. The first-order valence-electron chi connectivity index (χ1n) is 8.88. The summed E-state index contributed by atoms with van der Waals surface area (Å²) in [5.74, 6) is 0.930. The summed E-state index contributed by atoms with van der Waals surface area (Å²) in [6.07, 6.45) is 4.45. The van der Waals surface area contributed by atoms with Gasteiger partial charge in [-0.05, 0) is 53.5 Å². The van der Waals surface area contributed by atoms with Crippen LogP contribution < -0.4 is 15.5 Å². The van der Waals surface area contributed by atoms with E-state index >= 15 is 0 Å². The molecule has 138 valence electrons. The van der Waals surface area contributed by atoms with E-state index in [1.807, 2.05) is 43.3 Å².